The van der Waals surface area contributed by atoms with Crippen LogP contribution in [0.3, 0.4) is 0 Å². The maximum atomic E-state index is 11.4. The van der Waals surface area contributed by atoms with E-state index in [1.54, 1.807) is 0 Å². The lowest BCUT2D eigenvalue weighted by Crippen LogP contribution is -2.53. The highest BCUT2D eigenvalue weighted by Gasteiger charge is 2.34. The number of likely N-dealkylation sites (N-methyl/N-ethyl adjacent to an activating group) is 1. The Hall–Kier alpha value is -0.280. The SMILES string of the molecule is CN(C)C1(CNC(=O)CCCl)CCCCC1. The highest BCUT2D eigenvalue weighted by atomic mass is 35.5. The molecule has 0 heterocycles. The molecule has 1 aliphatic rings. The molecule has 3 nitrogen and oxygen atoms in total. The molecule has 0 saturated heterocycles. The van der Waals surface area contributed by atoms with Crippen LogP contribution in [0.5, 0.6) is 0 Å². The van der Waals surface area contributed by atoms with E-state index in [1.807, 2.05) is 0 Å². The number of alkyl halides is 1. The molecule has 1 saturated carbocycles. The highest BCUT2D eigenvalue weighted by Crippen LogP contribution is 2.31. The summed E-state index contributed by atoms with van der Waals surface area (Å²) in [5.74, 6) is 0.475. The zero-order valence-electron chi connectivity index (χ0n) is 10.4. The van der Waals surface area contributed by atoms with Crippen LogP contribution in [0.4, 0.5) is 0 Å². The molecule has 0 unspecified atom stereocenters. The molecule has 0 aliphatic heterocycles. The molecule has 1 fully saturated rings. The number of carbonyl (C=O) groups excluding carboxylic acids is 1. The lowest BCUT2D eigenvalue weighted by Gasteiger charge is -2.43. The molecule has 16 heavy (non-hydrogen) atoms. The van der Waals surface area contributed by atoms with Crippen LogP contribution >= 0.6 is 11.6 Å². The lowest BCUT2D eigenvalue weighted by atomic mass is 9.80. The minimum atomic E-state index is 0.0711. The van der Waals surface area contributed by atoms with Gasteiger partial charge in [-0.1, -0.05) is 19.3 Å². The standard InChI is InChI=1S/C12H23ClN2O/c1-15(2)12(7-4-3-5-8-12)10-14-11(16)6-9-13/h3-10H2,1-2H3,(H,14,16). The van der Waals surface area contributed by atoms with E-state index in [9.17, 15) is 4.79 Å². The second-order valence-corrected chi connectivity index (χ2v) is 5.27. The van der Waals surface area contributed by atoms with Crippen LogP contribution in [0.25, 0.3) is 0 Å². The van der Waals surface area contributed by atoms with Crippen molar-refractivity contribution < 1.29 is 4.79 Å². The van der Waals surface area contributed by atoms with Gasteiger partial charge in [-0.05, 0) is 26.9 Å². The fraction of sp³-hybridized carbons (Fsp3) is 0.917. The van der Waals surface area contributed by atoms with Crippen molar-refractivity contribution in [3.63, 3.8) is 0 Å². The summed E-state index contributed by atoms with van der Waals surface area (Å²) in [6.45, 7) is 0.760. The summed E-state index contributed by atoms with van der Waals surface area (Å²) >= 11 is 5.54. The Morgan fingerprint density at radius 3 is 2.44 bits per heavy atom. The topological polar surface area (TPSA) is 32.3 Å². The number of nitrogens with one attached hydrogen (secondary N) is 1. The molecule has 0 spiro atoms. The molecule has 1 aliphatic carbocycles. The van der Waals surface area contributed by atoms with Gasteiger partial charge in [-0.25, -0.2) is 0 Å². The number of hydrogen-bond acceptors (Lipinski definition) is 2. The van der Waals surface area contributed by atoms with E-state index in [-0.39, 0.29) is 11.4 Å². The van der Waals surface area contributed by atoms with Gasteiger partial charge >= 0.3 is 0 Å². The summed E-state index contributed by atoms with van der Waals surface area (Å²) in [7, 11) is 4.22. The van der Waals surface area contributed by atoms with Gasteiger partial charge in [-0.3, -0.25) is 4.79 Å². The average Bonchev–Trinajstić information content (AvgIpc) is 2.28. The van der Waals surface area contributed by atoms with Gasteiger partial charge in [0.1, 0.15) is 0 Å². The Morgan fingerprint density at radius 1 is 1.31 bits per heavy atom. The van der Waals surface area contributed by atoms with Gasteiger partial charge in [-0.2, -0.15) is 0 Å². The average molecular weight is 247 g/mol. The maximum Gasteiger partial charge on any atom is 0.221 e. The van der Waals surface area contributed by atoms with Crippen LogP contribution in [-0.2, 0) is 4.79 Å². The van der Waals surface area contributed by atoms with E-state index >= 15 is 0 Å². The number of carbonyl (C=O) groups is 1. The summed E-state index contributed by atoms with van der Waals surface area (Å²) in [6, 6.07) is 0. The van der Waals surface area contributed by atoms with Crippen molar-refractivity contribution in [1.82, 2.24) is 10.2 Å². The van der Waals surface area contributed by atoms with E-state index in [0.29, 0.717) is 12.3 Å². The molecule has 0 aromatic rings. The lowest BCUT2D eigenvalue weighted by molar-refractivity contribution is -0.121. The molecule has 0 radical (unpaired) electrons. The Kier molecular flexibility index (Phi) is 5.56. The highest BCUT2D eigenvalue weighted by molar-refractivity contribution is 6.18. The predicted molar refractivity (Wildman–Crippen MR) is 67.8 cm³/mol. The molecular formula is C12H23ClN2O. The van der Waals surface area contributed by atoms with Gasteiger partial charge in [0.2, 0.25) is 5.91 Å². The molecule has 94 valence electrons. The number of amides is 1. The zero-order valence-corrected chi connectivity index (χ0v) is 11.1. The first-order chi connectivity index (χ1) is 7.60. The van der Waals surface area contributed by atoms with Gasteiger partial charge in [0, 0.05) is 24.4 Å². The second-order valence-electron chi connectivity index (χ2n) is 4.90. The van der Waals surface area contributed by atoms with Crippen molar-refractivity contribution in [2.45, 2.75) is 44.1 Å². The van der Waals surface area contributed by atoms with E-state index in [4.69, 9.17) is 11.6 Å². The zero-order chi connectivity index (χ0) is 12.0. The van der Waals surface area contributed by atoms with E-state index in [0.717, 1.165) is 6.54 Å². The molecule has 0 bridgehead atoms. The summed E-state index contributed by atoms with van der Waals surface area (Å²) < 4.78 is 0. The van der Waals surface area contributed by atoms with E-state index in [2.05, 4.69) is 24.3 Å². The summed E-state index contributed by atoms with van der Waals surface area (Å²) in [5, 5.41) is 3.01. The molecule has 1 N–H and O–H groups in total. The largest absolute Gasteiger partial charge is 0.354 e. The number of halogens is 1. The first kappa shape index (κ1) is 13.8. The third kappa shape index (κ3) is 3.63. The van der Waals surface area contributed by atoms with Crippen molar-refractivity contribution in [3.8, 4) is 0 Å². The van der Waals surface area contributed by atoms with Crippen LogP contribution < -0.4 is 5.32 Å². The van der Waals surface area contributed by atoms with E-state index < -0.39 is 0 Å². The molecular weight excluding hydrogens is 224 g/mol. The molecule has 0 aromatic carbocycles. The van der Waals surface area contributed by atoms with E-state index in [1.165, 1.54) is 32.1 Å². The van der Waals surface area contributed by atoms with Crippen LogP contribution in [0, 0.1) is 0 Å². The van der Waals surface area contributed by atoms with Crippen LogP contribution in [0.1, 0.15) is 38.5 Å². The summed E-state index contributed by atoms with van der Waals surface area (Å²) in [6.07, 6.45) is 6.64. The van der Waals surface area contributed by atoms with Gasteiger partial charge < -0.3 is 10.2 Å². The fourth-order valence-electron chi connectivity index (χ4n) is 2.43. The number of hydrogen-bond donors (Lipinski definition) is 1. The predicted octanol–water partition coefficient (Wildman–Crippen LogP) is 2.00. The van der Waals surface area contributed by atoms with Crippen molar-refractivity contribution in [2.75, 3.05) is 26.5 Å². The minimum absolute atomic E-state index is 0.0711. The molecule has 4 heteroatoms. The monoisotopic (exact) mass is 246 g/mol. The first-order valence-electron chi connectivity index (χ1n) is 6.11. The summed E-state index contributed by atoms with van der Waals surface area (Å²) in [4.78, 5) is 13.7. The molecule has 0 atom stereocenters. The fourth-order valence-corrected chi connectivity index (χ4v) is 2.60. The van der Waals surface area contributed by atoms with Crippen molar-refractivity contribution in [2.24, 2.45) is 0 Å². The third-order valence-corrected chi connectivity index (χ3v) is 3.86. The summed E-state index contributed by atoms with van der Waals surface area (Å²) in [5.41, 5.74) is 0.167. The maximum absolute atomic E-state index is 11.4. The smallest absolute Gasteiger partial charge is 0.221 e. The van der Waals surface area contributed by atoms with Gasteiger partial charge in [-0.15, -0.1) is 11.6 Å². The number of nitrogens with zero attached hydrogens (tertiary/aromatic N) is 1. The molecule has 0 aromatic heterocycles. The van der Waals surface area contributed by atoms with Crippen LogP contribution in [0.2, 0.25) is 0 Å². The van der Waals surface area contributed by atoms with Crippen molar-refractivity contribution in [3.05, 3.63) is 0 Å². The number of rotatable bonds is 5. The van der Waals surface area contributed by atoms with Crippen LogP contribution in [0.15, 0.2) is 0 Å². The Labute approximate surface area is 104 Å². The molecule has 1 amide bonds. The minimum Gasteiger partial charge on any atom is -0.354 e. The second kappa shape index (κ2) is 6.45. The van der Waals surface area contributed by atoms with Crippen LogP contribution in [-0.4, -0.2) is 42.9 Å². The molecule has 1 rings (SSSR count). The van der Waals surface area contributed by atoms with Gasteiger partial charge in [0.15, 0.2) is 0 Å². The Bertz CT molecular complexity index is 225. The quantitative estimate of drug-likeness (QED) is 0.753. The normalized spacial score (nSPS) is 19.8. The van der Waals surface area contributed by atoms with Crippen molar-refractivity contribution >= 4 is 17.5 Å². The van der Waals surface area contributed by atoms with Gasteiger partial charge in [0.25, 0.3) is 0 Å². The Morgan fingerprint density at radius 2 is 1.94 bits per heavy atom. The third-order valence-electron chi connectivity index (χ3n) is 3.67. The van der Waals surface area contributed by atoms with Crippen molar-refractivity contribution in [1.29, 1.82) is 0 Å². The van der Waals surface area contributed by atoms with Gasteiger partial charge in [0.05, 0.1) is 0 Å². The first-order valence-corrected chi connectivity index (χ1v) is 6.64. The Balaban J connectivity index is 2.47.